The van der Waals surface area contributed by atoms with E-state index < -0.39 is 19.7 Å². The lowest BCUT2D eigenvalue weighted by Gasteiger charge is -2.26. The first-order chi connectivity index (χ1) is 9.50. The Morgan fingerprint density at radius 2 is 1.67 bits per heavy atom. The number of benzene rings is 1. The third kappa shape index (κ3) is 3.40. The van der Waals surface area contributed by atoms with Crippen LogP contribution in [0.5, 0.6) is 0 Å². The Balaban J connectivity index is 2.62. The van der Waals surface area contributed by atoms with E-state index in [9.17, 15) is 16.8 Å². The third-order valence-corrected chi connectivity index (χ3v) is 6.09. The van der Waals surface area contributed by atoms with Crippen molar-refractivity contribution in [2.45, 2.75) is 36.1 Å². The lowest BCUT2D eigenvalue weighted by atomic mass is 10.1. The second-order valence-electron chi connectivity index (χ2n) is 6.02. The molecule has 1 aliphatic rings. The van der Waals surface area contributed by atoms with Crippen molar-refractivity contribution >= 4 is 25.4 Å². The summed E-state index contributed by atoms with van der Waals surface area (Å²) in [5, 5.41) is 0. The molecule has 2 rings (SSSR count). The molecule has 0 aliphatic carbocycles. The molecule has 0 aromatic heterocycles. The van der Waals surface area contributed by atoms with Crippen molar-refractivity contribution in [3.8, 4) is 0 Å². The minimum Gasteiger partial charge on any atom is -0.367 e. The Labute approximate surface area is 126 Å². The normalized spacial score (nSPS) is 23.5. The van der Waals surface area contributed by atoms with Crippen LogP contribution in [0.1, 0.15) is 20.3 Å². The number of anilines is 1. The quantitative estimate of drug-likeness (QED) is 0.843. The molecule has 1 fully saturated rings. The summed E-state index contributed by atoms with van der Waals surface area (Å²) >= 11 is 0. The van der Waals surface area contributed by atoms with Gasteiger partial charge in [0.25, 0.3) is 0 Å². The molecule has 0 bridgehead atoms. The minimum absolute atomic E-state index is 0.0339. The molecular formula is C14H21NO4S2. The van der Waals surface area contributed by atoms with Crippen LogP contribution in [0.2, 0.25) is 0 Å². The van der Waals surface area contributed by atoms with Crippen LogP contribution in [0.25, 0.3) is 0 Å². The zero-order valence-electron chi connectivity index (χ0n) is 12.7. The molecule has 1 saturated heterocycles. The van der Waals surface area contributed by atoms with Crippen molar-refractivity contribution < 1.29 is 16.8 Å². The van der Waals surface area contributed by atoms with Crippen molar-refractivity contribution in [1.29, 1.82) is 0 Å². The Bertz CT molecular complexity index is 753. The summed E-state index contributed by atoms with van der Waals surface area (Å²) in [6.45, 7) is 4.96. The van der Waals surface area contributed by atoms with Crippen molar-refractivity contribution in [3.63, 3.8) is 0 Å². The van der Waals surface area contributed by atoms with Gasteiger partial charge in [0, 0.05) is 25.1 Å². The molecule has 0 N–H and O–H groups in total. The van der Waals surface area contributed by atoms with Crippen LogP contribution < -0.4 is 4.90 Å². The predicted octanol–water partition coefficient (Wildman–Crippen LogP) is 1.73. The SMILES string of the molecule is C[C@H]1C[C@@H](C)N(c2ccc(S(C)(=O)=O)cc2S(C)(=O)=O)C1. The fourth-order valence-corrected chi connectivity index (χ4v) is 4.52. The number of rotatable bonds is 3. The van der Waals surface area contributed by atoms with Gasteiger partial charge in [-0.25, -0.2) is 16.8 Å². The molecule has 0 radical (unpaired) electrons. The number of hydrogen-bond donors (Lipinski definition) is 0. The smallest absolute Gasteiger partial charge is 0.177 e. The number of hydrogen-bond acceptors (Lipinski definition) is 5. The van der Waals surface area contributed by atoms with E-state index >= 15 is 0 Å². The topological polar surface area (TPSA) is 71.5 Å². The first-order valence-electron chi connectivity index (χ1n) is 6.81. The van der Waals surface area contributed by atoms with Crippen LogP contribution in [0.4, 0.5) is 5.69 Å². The number of nitrogens with zero attached hydrogens (tertiary/aromatic N) is 1. The molecule has 21 heavy (non-hydrogen) atoms. The molecule has 7 heteroatoms. The van der Waals surface area contributed by atoms with E-state index in [1.165, 1.54) is 12.1 Å². The molecule has 118 valence electrons. The maximum atomic E-state index is 12.1. The average molecular weight is 331 g/mol. The van der Waals surface area contributed by atoms with E-state index in [0.29, 0.717) is 11.6 Å². The van der Waals surface area contributed by atoms with E-state index in [1.54, 1.807) is 6.07 Å². The monoisotopic (exact) mass is 331 g/mol. The van der Waals surface area contributed by atoms with Gasteiger partial charge in [0.1, 0.15) is 0 Å². The zero-order chi connectivity index (χ0) is 16.0. The fourth-order valence-electron chi connectivity index (χ4n) is 2.89. The highest BCUT2D eigenvalue weighted by molar-refractivity contribution is 7.91. The standard InChI is InChI=1S/C14H21NO4S2/c1-10-7-11(2)15(9-10)13-6-5-12(20(3,16)17)8-14(13)21(4,18)19/h5-6,8,10-11H,7,9H2,1-4H3/t10-,11+/m0/s1. The van der Waals surface area contributed by atoms with Gasteiger partial charge in [0.15, 0.2) is 19.7 Å². The summed E-state index contributed by atoms with van der Waals surface area (Å²) in [4.78, 5) is 2.17. The minimum atomic E-state index is -3.50. The molecule has 0 amide bonds. The van der Waals surface area contributed by atoms with Crippen molar-refractivity contribution in [2.75, 3.05) is 24.0 Å². The molecule has 1 heterocycles. The number of sulfone groups is 2. The van der Waals surface area contributed by atoms with Crippen LogP contribution in [0.3, 0.4) is 0 Å². The Kier molecular flexibility index (Phi) is 4.10. The summed E-state index contributed by atoms with van der Waals surface area (Å²) < 4.78 is 47.4. The Morgan fingerprint density at radius 3 is 2.10 bits per heavy atom. The fraction of sp³-hybridized carbons (Fsp3) is 0.571. The second kappa shape index (κ2) is 5.28. The lowest BCUT2D eigenvalue weighted by Crippen LogP contribution is -2.28. The van der Waals surface area contributed by atoms with Crippen molar-refractivity contribution in [2.24, 2.45) is 5.92 Å². The first-order valence-corrected chi connectivity index (χ1v) is 10.6. The van der Waals surface area contributed by atoms with Crippen LogP contribution in [-0.2, 0) is 19.7 Å². The van der Waals surface area contributed by atoms with Gasteiger partial charge in [-0.2, -0.15) is 0 Å². The summed E-state index contributed by atoms with van der Waals surface area (Å²) in [7, 11) is -6.93. The highest BCUT2D eigenvalue weighted by Crippen LogP contribution is 2.34. The van der Waals surface area contributed by atoms with Crippen LogP contribution >= 0.6 is 0 Å². The van der Waals surface area contributed by atoms with Crippen LogP contribution in [-0.4, -0.2) is 41.9 Å². The molecule has 0 spiro atoms. The lowest BCUT2D eigenvalue weighted by molar-refractivity contribution is 0.599. The average Bonchev–Trinajstić information content (AvgIpc) is 2.65. The van der Waals surface area contributed by atoms with Gasteiger partial charge in [-0.3, -0.25) is 0 Å². The third-order valence-electron chi connectivity index (χ3n) is 3.85. The van der Waals surface area contributed by atoms with E-state index in [0.717, 1.165) is 25.5 Å². The maximum absolute atomic E-state index is 12.1. The highest BCUT2D eigenvalue weighted by atomic mass is 32.2. The molecule has 1 aliphatic heterocycles. The summed E-state index contributed by atoms with van der Waals surface area (Å²) in [6.07, 6.45) is 3.19. The van der Waals surface area contributed by atoms with Crippen LogP contribution in [0, 0.1) is 5.92 Å². The summed E-state index contributed by atoms with van der Waals surface area (Å²) in [6, 6.07) is 4.61. The molecule has 0 unspecified atom stereocenters. The molecule has 2 atom stereocenters. The van der Waals surface area contributed by atoms with Gasteiger partial charge in [-0.05, 0) is 37.5 Å². The Hall–Kier alpha value is -1.08. The van der Waals surface area contributed by atoms with Gasteiger partial charge < -0.3 is 4.90 Å². The summed E-state index contributed by atoms with van der Waals surface area (Å²) in [5.41, 5.74) is 0.599. The van der Waals surface area contributed by atoms with Crippen molar-refractivity contribution in [1.82, 2.24) is 0 Å². The van der Waals surface area contributed by atoms with Gasteiger partial charge in [-0.15, -0.1) is 0 Å². The molecule has 0 saturated carbocycles. The van der Waals surface area contributed by atoms with E-state index in [-0.39, 0.29) is 15.8 Å². The van der Waals surface area contributed by atoms with E-state index in [1.807, 2.05) is 4.90 Å². The van der Waals surface area contributed by atoms with Crippen LogP contribution in [0.15, 0.2) is 28.0 Å². The molecule has 1 aromatic rings. The zero-order valence-corrected chi connectivity index (χ0v) is 14.3. The van der Waals surface area contributed by atoms with E-state index in [2.05, 4.69) is 13.8 Å². The highest BCUT2D eigenvalue weighted by Gasteiger charge is 2.30. The molecular weight excluding hydrogens is 310 g/mol. The molecule has 1 aromatic carbocycles. The Morgan fingerprint density at radius 1 is 1.05 bits per heavy atom. The van der Waals surface area contributed by atoms with Gasteiger partial charge in [0.05, 0.1) is 15.5 Å². The maximum Gasteiger partial charge on any atom is 0.177 e. The first kappa shape index (κ1) is 16.3. The van der Waals surface area contributed by atoms with Crippen molar-refractivity contribution in [3.05, 3.63) is 18.2 Å². The van der Waals surface area contributed by atoms with Gasteiger partial charge in [0.2, 0.25) is 0 Å². The van der Waals surface area contributed by atoms with E-state index in [4.69, 9.17) is 0 Å². The predicted molar refractivity (Wildman–Crippen MR) is 83.3 cm³/mol. The molecule has 5 nitrogen and oxygen atoms in total. The van der Waals surface area contributed by atoms with Gasteiger partial charge in [-0.1, -0.05) is 6.92 Å². The second-order valence-corrected chi connectivity index (χ2v) is 10.0. The summed E-state index contributed by atoms with van der Waals surface area (Å²) in [5.74, 6) is 0.488. The van der Waals surface area contributed by atoms with Gasteiger partial charge >= 0.3 is 0 Å². The largest absolute Gasteiger partial charge is 0.367 e.